The Balaban J connectivity index is 1.80. The van der Waals surface area contributed by atoms with E-state index >= 15 is 0 Å². The lowest BCUT2D eigenvalue weighted by atomic mass is 10.1. The van der Waals surface area contributed by atoms with Gasteiger partial charge < -0.3 is 5.32 Å². The van der Waals surface area contributed by atoms with E-state index in [4.69, 9.17) is 0 Å². The number of hydrogen-bond donors (Lipinski definition) is 1. The van der Waals surface area contributed by atoms with Gasteiger partial charge in [-0.1, -0.05) is 39.7 Å². The first-order valence-corrected chi connectivity index (χ1v) is 8.72. The zero-order valence-corrected chi connectivity index (χ0v) is 15.4. The molecule has 0 radical (unpaired) electrons. The third kappa shape index (κ3) is 3.25. The number of hydrogen-bond acceptors (Lipinski definition) is 4. The number of benzene rings is 2. The smallest absolute Gasteiger partial charge is 0.254 e. The van der Waals surface area contributed by atoms with Crippen molar-refractivity contribution < 1.29 is 0 Å². The van der Waals surface area contributed by atoms with E-state index in [0.29, 0.717) is 11.6 Å². The molecule has 0 fully saturated rings. The Bertz CT molecular complexity index is 1050. The Morgan fingerprint density at radius 2 is 1.76 bits per heavy atom. The van der Waals surface area contributed by atoms with Gasteiger partial charge in [-0.3, -0.25) is 0 Å². The topological polar surface area (TPSA) is 55.1 Å². The van der Waals surface area contributed by atoms with Crippen molar-refractivity contribution in [1.29, 1.82) is 0 Å². The molecule has 0 unspecified atom stereocenters. The van der Waals surface area contributed by atoms with Gasteiger partial charge in [0.05, 0.1) is 0 Å². The lowest BCUT2D eigenvalue weighted by Crippen LogP contribution is -2.02. The van der Waals surface area contributed by atoms with E-state index in [1.54, 1.807) is 4.52 Å². The predicted octanol–water partition coefficient (Wildman–Crippen LogP) is 4.91. The number of fused-ring (bicyclic) bond motifs is 1. The van der Waals surface area contributed by atoms with Gasteiger partial charge in [0.25, 0.3) is 5.78 Å². The molecule has 2 aromatic heterocycles. The average molecular weight is 394 g/mol. The van der Waals surface area contributed by atoms with E-state index in [1.165, 1.54) is 5.56 Å². The van der Waals surface area contributed by atoms with E-state index in [1.807, 2.05) is 49.4 Å². The lowest BCUT2D eigenvalue weighted by Gasteiger charge is -2.08. The molecule has 124 valence electrons. The second-order valence-electron chi connectivity index (χ2n) is 5.93. The summed E-state index contributed by atoms with van der Waals surface area (Å²) in [6.07, 6.45) is 0. The number of nitrogens with one attached hydrogen (secondary N) is 1. The number of nitrogens with zero attached hydrogens (tertiary/aromatic N) is 4. The van der Waals surface area contributed by atoms with E-state index in [-0.39, 0.29) is 0 Å². The standard InChI is InChI=1S/C19H16BrN5/c1-12-4-3-5-14(10-12)18-23-19-21-13(2)11-17(25(19)24-18)22-16-8-6-15(20)7-9-16/h3-11,22H,1-2H3. The van der Waals surface area contributed by atoms with Gasteiger partial charge in [0.2, 0.25) is 0 Å². The normalized spacial score (nSPS) is 11.0. The first-order chi connectivity index (χ1) is 12.1. The molecule has 5 nitrogen and oxygen atoms in total. The summed E-state index contributed by atoms with van der Waals surface area (Å²) < 4.78 is 2.78. The van der Waals surface area contributed by atoms with Crippen molar-refractivity contribution in [1.82, 2.24) is 19.6 Å². The first-order valence-electron chi connectivity index (χ1n) is 7.92. The minimum absolute atomic E-state index is 0.580. The molecule has 0 aliphatic heterocycles. The number of halogens is 1. The van der Waals surface area contributed by atoms with Gasteiger partial charge in [-0.05, 0) is 44.2 Å². The second-order valence-corrected chi connectivity index (χ2v) is 6.85. The van der Waals surface area contributed by atoms with Crippen LogP contribution < -0.4 is 5.32 Å². The fourth-order valence-corrected chi connectivity index (χ4v) is 2.93. The lowest BCUT2D eigenvalue weighted by molar-refractivity contribution is 0.940. The summed E-state index contributed by atoms with van der Waals surface area (Å²) in [5, 5.41) is 8.04. The molecule has 0 aliphatic carbocycles. The highest BCUT2D eigenvalue weighted by atomic mass is 79.9. The quantitative estimate of drug-likeness (QED) is 0.536. The van der Waals surface area contributed by atoms with Crippen LogP contribution in [0.4, 0.5) is 11.5 Å². The van der Waals surface area contributed by atoms with Crippen LogP contribution in [0.3, 0.4) is 0 Å². The molecule has 2 aromatic carbocycles. The van der Waals surface area contributed by atoms with Crippen LogP contribution in [0, 0.1) is 13.8 Å². The molecule has 0 atom stereocenters. The van der Waals surface area contributed by atoms with Crippen LogP contribution in [0.25, 0.3) is 17.2 Å². The van der Waals surface area contributed by atoms with E-state index in [9.17, 15) is 0 Å². The van der Waals surface area contributed by atoms with Crippen LogP contribution in [-0.4, -0.2) is 19.6 Å². The maximum atomic E-state index is 4.65. The number of rotatable bonds is 3. The highest BCUT2D eigenvalue weighted by molar-refractivity contribution is 9.10. The molecule has 0 amide bonds. The van der Waals surface area contributed by atoms with Gasteiger partial charge in [0, 0.05) is 27.5 Å². The molecule has 0 saturated heterocycles. The van der Waals surface area contributed by atoms with Crippen molar-refractivity contribution in [3.63, 3.8) is 0 Å². The number of aryl methyl sites for hydroxylation is 2. The monoisotopic (exact) mass is 393 g/mol. The fraction of sp³-hybridized carbons (Fsp3) is 0.105. The molecule has 4 rings (SSSR count). The summed E-state index contributed by atoms with van der Waals surface area (Å²) in [5.41, 5.74) is 4.02. The zero-order chi connectivity index (χ0) is 17.4. The summed E-state index contributed by atoms with van der Waals surface area (Å²) >= 11 is 3.45. The van der Waals surface area contributed by atoms with Crippen LogP contribution in [0.15, 0.2) is 59.1 Å². The predicted molar refractivity (Wildman–Crippen MR) is 103 cm³/mol. The Morgan fingerprint density at radius 3 is 2.52 bits per heavy atom. The van der Waals surface area contributed by atoms with Gasteiger partial charge in [-0.15, -0.1) is 5.10 Å². The van der Waals surface area contributed by atoms with Crippen LogP contribution in [-0.2, 0) is 0 Å². The fourth-order valence-electron chi connectivity index (χ4n) is 2.66. The van der Waals surface area contributed by atoms with Gasteiger partial charge in [-0.2, -0.15) is 9.50 Å². The minimum atomic E-state index is 0.580. The number of aromatic nitrogens is 4. The summed E-state index contributed by atoms with van der Waals surface area (Å²) in [4.78, 5) is 9.10. The van der Waals surface area contributed by atoms with Crippen molar-refractivity contribution in [3.05, 3.63) is 70.3 Å². The molecule has 0 bridgehead atoms. The first kappa shape index (κ1) is 15.8. The zero-order valence-electron chi connectivity index (χ0n) is 13.9. The molecule has 0 saturated carbocycles. The molecule has 0 spiro atoms. The highest BCUT2D eigenvalue weighted by Gasteiger charge is 2.12. The molecule has 6 heteroatoms. The average Bonchev–Trinajstić information content (AvgIpc) is 3.01. The van der Waals surface area contributed by atoms with Crippen LogP contribution in [0.1, 0.15) is 11.3 Å². The summed E-state index contributed by atoms with van der Waals surface area (Å²) in [6.45, 7) is 4.01. The van der Waals surface area contributed by atoms with Crippen LogP contribution in [0.5, 0.6) is 0 Å². The third-order valence-corrected chi connectivity index (χ3v) is 4.36. The maximum absolute atomic E-state index is 4.65. The van der Waals surface area contributed by atoms with E-state index < -0.39 is 0 Å². The number of anilines is 2. The Hall–Kier alpha value is -2.73. The van der Waals surface area contributed by atoms with Crippen molar-refractivity contribution >= 4 is 33.2 Å². The van der Waals surface area contributed by atoms with Crippen LogP contribution in [0.2, 0.25) is 0 Å². The molecular formula is C19H16BrN5. The third-order valence-electron chi connectivity index (χ3n) is 3.83. The Kier molecular flexibility index (Phi) is 3.97. The van der Waals surface area contributed by atoms with E-state index in [0.717, 1.165) is 27.2 Å². The Labute approximate surface area is 153 Å². The van der Waals surface area contributed by atoms with Crippen molar-refractivity contribution in [3.8, 4) is 11.4 Å². The highest BCUT2D eigenvalue weighted by Crippen LogP contribution is 2.23. The van der Waals surface area contributed by atoms with Gasteiger partial charge in [0.1, 0.15) is 5.82 Å². The van der Waals surface area contributed by atoms with Gasteiger partial charge in [0.15, 0.2) is 5.82 Å². The second kappa shape index (κ2) is 6.29. The van der Waals surface area contributed by atoms with Gasteiger partial charge >= 0.3 is 0 Å². The van der Waals surface area contributed by atoms with Crippen molar-refractivity contribution in [2.24, 2.45) is 0 Å². The summed E-state index contributed by atoms with van der Waals surface area (Å²) in [6, 6.07) is 18.1. The maximum Gasteiger partial charge on any atom is 0.254 e. The van der Waals surface area contributed by atoms with Crippen molar-refractivity contribution in [2.45, 2.75) is 13.8 Å². The SMILES string of the molecule is Cc1cccc(-c2nc3nc(C)cc(Nc4ccc(Br)cc4)n3n2)c1. The largest absolute Gasteiger partial charge is 0.340 e. The van der Waals surface area contributed by atoms with E-state index in [2.05, 4.69) is 55.4 Å². The molecule has 25 heavy (non-hydrogen) atoms. The van der Waals surface area contributed by atoms with Gasteiger partial charge in [-0.25, -0.2) is 4.98 Å². The molecular weight excluding hydrogens is 378 g/mol. The Morgan fingerprint density at radius 1 is 0.960 bits per heavy atom. The summed E-state index contributed by atoms with van der Waals surface area (Å²) in [7, 11) is 0. The van der Waals surface area contributed by atoms with Crippen molar-refractivity contribution in [2.75, 3.05) is 5.32 Å². The minimum Gasteiger partial charge on any atom is -0.340 e. The molecule has 4 aromatic rings. The van der Waals surface area contributed by atoms with Crippen LogP contribution >= 0.6 is 15.9 Å². The summed E-state index contributed by atoms with van der Waals surface area (Å²) in [5.74, 6) is 2.08. The molecule has 1 N–H and O–H groups in total. The molecule has 0 aliphatic rings. The molecule has 2 heterocycles.